The van der Waals surface area contributed by atoms with Crippen LogP contribution in [0, 0.1) is 0 Å². The number of hydrogen-bond donors (Lipinski definition) is 1. The maximum Gasteiger partial charge on any atom is 0.318 e. The van der Waals surface area contributed by atoms with Crippen molar-refractivity contribution >= 4 is 6.03 Å². The zero-order chi connectivity index (χ0) is 20.1. The molecule has 1 saturated heterocycles. The number of carbonyl (C=O) groups is 1. The number of aromatic nitrogens is 3. The highest BCUT2D eigenvalue weighted by atomic mass is 16.2. The molecule has 150 valence electrons. The van der Waals surface area contributed by atoms with Gasteiger partial charge in [0.2, 0.25) is 0 Å². The van der Waals surface area contributed by atoms with Crippen LogP contribution in [0.2, 0.25) is 0 Å². The van der Waals surface area contributed by atoms with Gasteiger partial charge in [-0.2, -0.15) is 5.10 Å². The van der Waals surface area contributed by atoms with Crippen LogP contribution in [0.5, 0.6) is 0 Å². The molecular formula is C22H26N6O. The third-order valence-corrected chi connectivity index (χ3v) is 5.31. The van der Waals surface area contributed by atoms with Crippen LogP contribution in [0.3, 0.4) is 0 Å². The summed E-state index contributed by atoms with van der Waals surface area (Å²) in [5.74, 6) is 0. The van der Waals surface area contributed by atoms with E-state index < -0.39 is 0 Å². The molecule has 7 nitrogen and oxygen atoms in total. The Morgan fingerprint density at radius 3 is 2.55 bits per heavy atom. The number of benzene rings is 2. The van der Waals surface area contributed by atoms with Crippen molar-refractivity contribution in [2.75, 3.05) is 26.7 Å². The standard InChI is InChI=1S/C22H26N6O/c1-26-11-12-28(21(15-26)20-5-3-2-4-6-20)22(29)24-13-18-7-9-19(10-8-18)14-27-17-23-16-25-27/h2-10,16-17,21H,11-15H2,1H3,(H,24,29). The van der Waals surface area contributed by atoms with Crippen LogP contribution in [-0.4, -0.2) is 57.3 Å². The van der Waals surface area contributed by atoms with Gasteiger partial charge in [0.15, 0.2) is 0 Å². The van der Waals surface area contributed by atoms with Crippen molar-refractivity contribution in [3.63, 3.8) is 0 Å². The Hall–Kier alpha value is -3.19. The molecule has 2 aromatic carbocycles. The largest absolute Gasteiger partial charge is 0.334 e. The number of carbonyl (C=O) groups excluding carboxylic acids is 1. The lowest BCUT2D eigenvalue weighted by Gasteiger charge is -2.40. The summed E-state index contributed by atoms with van der Waals surface area (Å²) in [6.45, 7) is 3.64. The van der Waals surface area contributed by atoms with Crippen molar-refractivity contribution in [1.82, 2.24) is 29.9 Å². The summed E-state index contributed by atoms with van der Waals surface area (Å²) in [6.07, 6.45) is 3.23. The SMILES string of the molecule is CN1CCN(C(=O)NCc2ccc(Cn3cncn3)cc2)C(c2ccccc2)C1. The molecule has 2 amide bonds. The lowest BCUT2D eigenvalue weighted by molar-refractivity contribution is 0.108. The Labute approximate surface area is 171 Å². The van der Waals surface area contributed by atoms with E-state index in [4.69, 9.17) is 0 Å². The lowest BCUT2D eigenvalue weighted by Crippen LogP contribution is -2.52. The quantitative estimate of drug-likeness (QED) is 0.727. The maximum atomic E-state index is 12.9. The number of piperazine rings is 1. The monoisotopic (exact) mass is 390 g/mol. The van der Waals surface area contributed by atoms with Gasteiger partial charge in [0.1, 0.15) is 12.7 Å². The summed E-state index contributed by atoms with van der Waals surface area (Å²) >= 11 is 0. The van der Waals surface area contributed by atoms with E-state index in [0.29, 0.717) is 13.1 Å². The van der Waals surface area contributed by atoms with Gasteiger partial charge < -0.3 is 15.1 Å². The van der Waals surface area contributed by atoms with E-state index in [9.17, 15) is 4.79 Å². The Kier molecular flexibility index (Phi) is 5.86. The number of amides is 2. The second-order valence-electron chi connectivity index (χ2n) is 7.45. The number of urea groups is 1. The number of nitrogens with zero attached hydrogens (tertiary/aromatic N) is 5. The molecule has 1 unspecified atom stereocenters. The first-order valence-electron chi connectivity index (χ1n) is 9.87. The number of likely N-dealkylation sites (N-methyl/N-ethyl adjacent to an activating group) is 1. The molecule has 1 aliphatic rings. The molecule has 1 aromatic heterocycles. The Balaban J connectivity index is 1.36. The minimum atomic E-state index is -0.0151. The first-order valence-corrected chi connectivity index (χ1v) is 9.87. The van der Waals surface area contributed by atoms with E-state index in [1.165, 1.54) is 11.9 Å². The van der Waals surface area contributed by atoms with Crippen molar-refractivity contribution in [2.24, 2.45) is 0 Å². The Bertz CT molecular complexity index is 910. The Morgan fingerprint density at radius 1 is 1.07 bits per heavy atom. The summed E-state index contributed by atoms with van der Waals surface area (Å²) in [5, 5.41) is 7.21. The maximum absolute atomic E-state index is 12.9. The molecule has 1 fully saturated rings. The normalized spacial score (nSPS) is 17.3. The molecule has 29 heavy (non-hydrogen) atoms. The van der Waals surface area contributed by atoms with Crippen molar-refractivity contribution in [2.45, 2.75) is 19.1 Å². The zero-order valence-corrected chi connectivity index (χ0v) is 16.6. The van der Waals surface area contributed by atoms with Gasteiger partial charge in [0.25, 0.3) is 0 Å². The molecule has 0 saturated carbocycles. The lowest BCUT2D eigenvalue weighted by atomic mass is 10.0. The average molecular weight is 390 g/mol. The summed E-state index contributed by atoms with van der Waals surface area (Å²) in [5.41, 5.74) is 3.39. The zero-order valence-electron chi connectivity index (χ0n) is 16.6. The number of hydrogen-bond acceptors (Lipinski definition) is 4. The van der Waals surface area contributed by atoms with Gasteiger partial charge in [-0.1, -0.05) is 54.6 Å². The molecular weight excluding hydrogens is 364 g/mol. The molecule has 7 heteroatoms. The van der Waals surface area contributed by atoms with E-state index >= 15 is 0 Å². The summed E-state index contributed by atoms with van der Waals surface area (Å²) in [7, 11) is 2.10. The number of nitrogens with one attached hydrogen (secondary N) is 1. The predicted molar refractivity (Wildman–Crippen MR) is 111 cm³/mol. The van der Waals surface area contributed by atoms with Crippen LogP contribution >= 0.6 is 0 Å². The van der Waals surface area contributed by atoms with Gasteiger partial charge in [-0.3, -0.25) is 0 Å². The molecule has 2 heterocycles. The van der Waals surface area contributed by atoms with E-state index in [1.807, 2.05) is 35.2 Å². The van der Waals surface area contributed by atoms with Gasteiger partial charge in [0.05, 0.1) is 12.6 Å². The van der Waals surface area contributed by atoms with Gasteiger partial charge in [-0.15, -0.1) is 0 Å². The molecule has 0 bridgehead atoms. The fraction of sp³-hybridized carbons (Fsp3) is 0.318. The molecule has 3 aromatic rings. The Morgan fingerprint density at radius 2 is 1.83 bits per heavy atom. The van der Waals surface area contributed by atoms with E-state index in [-0.39, 0.29) is 12.1 Å². The topological polar surface area (TPSA) is 66.3 Å². The molecule has 0 spiro atoms. The first kappa shape index (κ1) is 19.1. The smallest absolute Gasteiger partial charge is 0.318 e. The van der Waals surface area contributed by atoms with Crippen molar-refractivity contribution in [3.8, 4) is 0 Å². The van der Waals surface area contributed by atoms with Gasteiger partial charge >= 0.3 is 6.03 Å². The van der Waals surface area contributed by atoms with Gasteiger partial charge in [0, 0.05) is 26.2 Å². The highest BCUT2D eigenvalue weighted by Gasteiger charge is 2.29. The molecule has 0 aliphatic carbocycles. The highest BCUT2D eigenvalue weighted by Crippen LogP contribution is 2.24. The summed E-state index contributed by atoms with van der Waals surface area (Å²) < 4.78 is 1.79. The van der Waals surface area contributed by atoms with Crippen LogP contribution < -0.4 is 5.32 Å². The van der Waals surface area contributed by atoms with Crippen molar-refractivity contribution in [3.05, 3.63) is 83.9 Å². The van der Waals surface area contributed by atoms with Gasteiger partial charge in [-0.05, 0) is 23.7 Å². The van der Waals surface area contributed by atoms with E-state index in [2.05, 4.69) is 51.6 Å². The summed E-state index contributed by atoms with van der Waals surface area (Å²) in [4.78, 5) is 21.1. The molecule has 1 atom stereocenters. The third kappa shape index (κ3) is 4.81. The average Bonchev–Trinajstić information content (AvgIpc) is 3.27. The molecule has 4 rings (SSSR count). The second kappa shape index (κ2) is 8.87. The van der Waals surface area contributed by atoms with Crippen LogP contribution in [0.25, 0.3) is 0 Å². The van der Waals surface area contributed by atoms with Crippen LogP contribution in [0.1, 0.15) is 22.7 Å². The molecule has 0 radical (unpaired) electrons. The second-order valence-corrected chi connectivity index (χ2v) is 7.45. The third-order valence-electron chi connectivity index (χ3n) is 5.31. The van der Waals surface area contributed by atoms with Crippen molar-refractivity contribution in [1.29, 1.82) is 0 Å². The first-order chi connectivity index (χ1) is 14.2. The van der Waals surface area contributed by atoms with E-state index in [0.717, 1.165) is 30.8 Å². The predicted octanol–water partition coefficient (Wildman–Crippen LogP) is 2.52. The van der Waals surface area contributed by atoms with Crippen LogP contribution in [0.4, 0.5) is 4.79 Å². The number of rotatable bonds is 5. The fourth-order valence-corrected chi connectivity index (χ4v) is 3.67. The summed E-state index contributed by atoms with van der Waals surface area (Å²) in [6, 6.07) is 18.5. The highest BCUT2D eigenvalue weighted by molar-refractivity contribution is 5.75. The minimum Gasteiger partial charge on any atom is -0.334 e. The molecule has 1 aliphatic heterocycles. The van der Waals surface area contributed by atoms with Crippen LogP contribution in [-0.2, 0) is 13.1 Å². The van der Waals surface area contributed by atoms with Crippen molar-refractivity contribution < 1.29 is 4.79 Å². The molecule has 1 N–H and O–H groups in total. The van der Waals surface area contributed by atoms with Crippen LogP contribution in [0.15, 0.2) is 67.3 Å². The van der Waals surface area contributed by atoms with Gasteiger partial charge in [-0.25, -0.2) is 14.5 Å². The van der Waals surface area contributed by atoms with E-state index in [1.54, 1.807) is 11.0 Å². The minimum absolute atomic E-state index is 0.0151. The fourth-order valence-electron chi connectivity index (χ4n) is 3.67.